The number of halogens is 2. The molecule has 0 aliphatic carbocycles. The maximum Gasteiger partial charge on any atom is 0.227 e. The van der Waals surface area contributed by atoms with Crippen molar-refractivity contribution < 1.29 is 4.79 Å². The summed E-state index contributed by atoms with van der Waals surface area (Å²) < 4.78 is 2.15. The fourth-order valence-electron chi connectivity index (χ4n) is 1.75. The second-order valence-electron chi connectivity index (χ2n) is 3.60. The Morgan fingerprint density at radius 2 is 2.13 bits per heavy atom. The first-order valence-electron chi connectivity index (χ1n) is 4.94. The van der Waals surface area contributed by atoms with Gasteiger partial charge in [-0.15, -0.1) is 0 Å². The lowest BCUT2D eigenvalue weighted by Crippen LogP contribution is -2.35. The summed E-state index contributed by atoms with van der Waals surface area (Å²) in [6.45, 7) is 0.845. The highest BCUT2D eigenvalue weighted by molar-refractivity contribution is 14.1. The summed E-state index contributed by atoms with van der Waals surface area (Å²) in [7, 11) is 0. The number of hydrogen-bond donors (Lipinski definition) is 0. The lowest BCUT2D eigenvalue weighted by molar-refractivity contribution is -0.119. The van der Waals surface area contributed by atoms with Crippen LogP contribution in [0.15, 0.2) is 22.7 Å². The molecule has 0 atom stereocenters. The number of carbonyl (C=O) groups excluding carboxylic acids is 1. The number of nitrogens with zero attached hydrogens (tertiary/aromatic N) is 1. The molecule has 1 aliphatic rings. The Hall–Kier alpha value is -0.100. The minimum Gasteiger partial charge on any atom is -0.311 e. The lowest BCUT2D eigenvalue weighted by atomic mass is 10.1. The van der Waals surface area contributed by atoms with Crippen molar-refractivity contribution in [3.63, 3.8) is 0 Å². The van der Waals surface area contributed by atoms with E-state index in [1.165, 1.54) is 0 Å². The van der Waals surface area contributed by atoms with Gasteiger partial charge in [0.25, 0.3) is 0 Å². The number of rotatable bonds is 1. The van der Waals surface area contributed by atoms with E-state index in [9.17, 15) is 4.79 Å². The molecule has 80 valence electrons. The maximum atomic E-state index is 11.8. The molecule has 2 rings (SSSR count). The Morgan fingerprint density at radius 1 is 1.33 bits per heavy atom. The van der Waals surface area contributed by atoms with Gasteiger partial charge in [0.15, 0.2) is 0 Å². The van der Waals surface area contributed by atoms with E-state index in [2.05, 4.69) is 38.5 Å². The summed E-state index contributed by atoms with van der Waals surface area (Å²) in [5, 5.41) is 0. The molecule has 15 heavy (non-hydrogen) atoms. The SMILES string of the molecule is O=C1CCCCN1c1cc(I)ccc1Br. The van der Waals surface area contributed by atoms with Crippen LogP contribution in [-0.4, -0.2) is 12.5 Å². The van der Waals surface area contributed by atoms with Crippen LogP contribution in [0.4, 0.5) is 5.69 Å². The van der Waals surface area contributed by atoms with Gasteiger partial charge in [0.2, 0.25) is 5.91 Å². The summed E-state index contributed by atoms with van der Waals surface area (Å²) in [4.78, 5) is 13.6. The fourth-order valence-corrected chi connectivity index (χ4v) is 2.69. The van der Waals surface area contributed by atoms with E-state index < -0.39 is 0 Å². The average Bonchev–Trinajstić information content (AvgIpc) is 2.23. The molecule has 0 spiro atoms. The predicted octanol–water partition coefficient (Wildman–Crippen LogP) is 3.57. The van der Waals surface area contributed by atoms with Crippen LogP contribution in [0, 0.1) is 3.57 Å². The highest BCUT2D eigenvalue weighted by atomic mass is 127. The zero-order valence-electron chi connectivity index (χ0n) is 8.17. The first-order valence-corrected chi connectivity index (χ1v) is 6.81. The molecule has 4 heteroatoms. The Balaban J connectivity index is 2.34. The van der Waals surface area contributed by atoms with Crippen molar-refractivity contribution in [3.8, 4) is 0 Å². The monoisotopic (exact) mass is 379 g/mol. The number of carbonyl (C=O) groups is 1. The second-order valence-corrected chi connectivity index (χ2v) is 5.70. The zero-order chi connectivity index (χ0) is 10.8. The molecule has 2 nitrogen and oxygen atoms in total. The Labute approximate surface area is 111 Å². The molecule has 1 amide bonds. The van der Waals surface area contributed by atoms with E-state index in [4.69, 9.17) is 0 Å². The van der Waals surface area contributed by atoms with E-state index in [1.54, 1.807) is 0 Å². The number of piperidine rings is 1. The van der Waals surface area contributed by atoms with Crippen molar-refractivity contribution in [3.05, 3.63) is 26.2 Å². The Kier molecular flexibility index (Phi) is 3.66. The molecule has 1 heterocycles. The topological polar surface area (TPSA) is 20.3 Å². The highest BCUT2D eigenvalue weighted by Crippen LogP contribution is 2.30. The van der Waals surface area contributed by atoms with Crippen molar-refractivity contribution in [2.75, 3.05) is 11.4 Å². The van der Waals surface area contributed by atoms with E-state index in [0.717, 1.165) is 33.1 Å². The molecule has 0 saturated carbocycles. The summed E-state index contributed by atoms with van der Waals surface area (Å²) in [6.07, 6.45) is 2.80. The van der Waals surface area contributed by atoms with Gasteiger partial charge in [-0.25, -0.2) is 0 Å². The summed E-state index contributed by atoms with van der Waals surface area (Å²) >= 11 is 5.76. The molecular formula is C11H11BrINO. The van der Waals surface area contributed by atoms with Gasteiger partial charge in [-0.05, 0) is 69.6 Å². The zero-order valence-corrected chi connectivity index (χ0v) is 11.9. The quantitative estimate of drug-likeness (QED) is 0.683. The maximum absolute atomic E-state index is 11.8. The second kappa shape index (κ2) is 4.82. The standard InChI is InChI=1S/C11H11BrINO/c12-9-5-4-8(13)7-10(9)14-6-2-1-3-11(14)15/h4-5,7H,1-3,6H2. The van der Waals surface area contributed by atoms with E-state index in [1.807, 2.05) is 23.1 Å². The molecule has 1 aliphatic heterocycles. The molecule has 0 unspecified atom stereocenters. The van der Waals surface area contributed by atoms with Crippen molar-refractivity contribution >= 4 is 50.1 Å². The summed E-state index contributed by atoms with van der Waals surface area (Å²) in [6, 6.07) is 6.08. The van der Waals surface area contributed by atoms with Gasteiger partial charge < -0.3 is 4.90 Å². The van der Waals surface area contributed by atoms with Gasteiger partial charge in [-0.2, -0.15) is 0 Å². The van der Waals surface area contributed by atoms with E-state index in [0.29, 0.717) is 6.42 Å². The minimum atomic E-state index is 0.240. The molecule has 1 aromatic rings. The van der Waals surface area contributed by atoms with Crippen LogP contribution in [0.1, 0.15) is 19.3 Å². The van der Waals surface area contributed by atoms with Crippen LogP contribution in [0.25, 0.3) is 0 Å². The van der Waals surface area contributed by atoms with Crippen molar-refractivity contribution in [2.45, 2.75) is 19.3 Å². The molecular weight excluding hydrogens is 369 g/mol. The van der Waals surface area contributed by atoms with Crippen LogP contribution < -0.4 is 4.90 Å². The molecule has 1 aromatic carbocycles. The average molecular weight is 380 g/mol. The Bertz CT molecular complexity index is 394. The van der Waals surface area contributed by atoms with Gasteiger partial charge >= 0.3 is 0 Å². The third kappa shape index (κ3) is 2.53. The third-order valence-electron chi connectivity index (χ3n) is 2.52. The number of hydrogen-bond acceptors (Lipinski definition) is 1. The lowest BCUT2D eigenvalue weighted by Gasteiger charge is -2.27. The first-order chi connectivity index (χ1) is 7.18. The minimum absolute atomic E-state index is 0.240. The Morgan fingerprint density at radius 3 is 2.87 bits per heavy atom. The van der Waals surface area contributed by atoms with Gasteiger partial charge in [0.1, 0.15) is 0 Å². The highest BCUT2D eigenvalue weighted by Gasteiger charge is 2.21. The normalized spacial score (nSPS) is 16.9. The summed E-state index contributed by atoms with van der Waals surface area (Å²) in [5.74, 6) is 0.240. The van der Waals surface area contributed by atoms with Crippen molar-refractivity contribution in [2.24, 2.45) is 0 Å². The van der Waals surface area contributed by atoms with Gasteiger partial charge in [-0.1, -0.05) is 0 Å². The number of anilines is 1. The smallest absolute Gasteiger partial charge is 0.227 e. The van der Waals surface area contributed by atoms with Crippen LogP contribution >= 0.6 is 38.5 Å². The molecule has 0 N–H and O–H groups in total. The molecule has 0 bridgehead atoms. The molecule has 0 radical (unpaired) electrons. The van der Waals surface area contributed by atoms with Crippen molar-refractivity contribution in [1.82, 2.24) is 0 Å². The number of benzene rings is 1. The van der Waals surface area contributed by atoms with Gasteiger partial charge in [0.05, 0.1) is 5.69 Å². The fraction of sp³-hybridized carbons (Fsp3) is 0.364. The molecule has 1 fully saturated rings. The van der Waals surface area contributed by atoms with Gasteiger partial charge in [0, 0.05) is 21.0 Å². The van der Waals surface area contributed by atoms with E-state index in [-0.39, 0.29) is 5.91 Å². The largest absolute Gasteiger partial charge is 0.311 e. The van der Waals surface area contributed by atoms with E-state index >= 15 is 0 Å². The first kappa shape index (κ1) is 11.4. The van der Waals surface area contributed by atoms with Crippen LogP contribution in [-0.2, 0) is 4.79 Å². The van der Waals surface area contributed by atoms with Crippen LogP contribution in [0.2, 0.25) is 0 Å². The summed E-state index contributed by atoms with van der Waals surface area (Å²) in [5.41, 5.74) is 1.01. The van der Waals surface area contributed by atoms with Crippen LogP contribution in [0.3, 0.4) is 0 Å². The molecule has 0 aromatic heterocycles. The predicted molar refractivity (Wildman–Crippen MR) is 73.1 cm³/mol. The number of amides is 1. The van der Waals surface area contributed by atoms with Gasteiger partial charge in [-0.3, -0.25) is 4.79 Å². The van der Waals surface area contributed by atoms with Crippen LogP contribution in [0.5, 0.6) is 0 Å². The third-order valence-corrected chi connectivity index (χ3v) is 3.86. The molecule has 1 saturated heterocycles. The van der Waals surface area contributed by atoms with Crippen molar-refractivity contribution in [1.29, 1.82) is 0 Å².